The Bertz CT molecular complexity index is 2640. The second-order valence-corrected chi connectivity index (χ2v) is 28.4. The van der Waals surface area contributed by atoms with Crippen molar-refractivity contribution in [3.8, 4) is 0 Å². The largest absolute Gasteiger partial charge is 0.472 e. The Hall–Kier alpha value is -5.58. The van der Waals surface area contributed by atoms with Gasteiger partial charge in [0.1, 0.15) is 19.3 Å². The number of rotatable bonds is 72. The summed E-state index contributed by atoms with van der Waals surface area (Å²) < 4.78 is 68.4. The predicted molar refractivity (Wildman–Crippen MR) is 426 cm³/mol. The lowest BCUT2D eigenvalue weighted by atomic mass is 10.1. The number of phosphoric ester groups is 2. The van der Waals surface area contributed by atoms with Crippen molar-refractivity contribution in [1.82, 2.24) is 0 Å². The molecule has 0 saturated carbocycles. The summed E-state index contributed by atoms with van der Waals surface area (Å²) in [5.41, 5.74) is 0. The standard InChI is InChI=1S/C85H138O17P2/c1-5-9-13-17-21-25-29-33-37-38-39-40-44-46-50-54-58-62-66-70-83(88)96-76-81(102-85(90)72-68-64-60-56-52-48-43-36-32-28-24-20-16-12-8-4)78-100-104(93,94)98-74-79(86)73-97-103(91,92)99-77-80(101-84(89)71-67-63-59-55-51-47-42-35-31-27-23-19-15-11-7-3)75-95-82(87)69-65-61-57-53-49-45-41-34-30-26-22-18-14-10-6-2/h9,12-13,16,21-28,33-37,39-43,46,50,52,56,58,62,79-81,86H,5-8,10-11,14-15,17-20,29-32,38,44-45,47-49,51,53-55,57,59-61,63-78H2,1-4H3,(H,91,92)(H,93,94)/b13-9-,16-12-,25-21-,26-22-,27-23-,28-24-,37-33-,40-39-,41-34-,42-35-,43-36-,50-46-,56-52-,62-58-. The number of aliphatic hydroxyl groups is 1. The highest BCUT2D eigenvalue weighted by Gasteiger charge is 2.30. The van der Waals surface area contributed by atoms with Crippen LogP contribution in [0.15, 0.2) is 170 Å². The molecule has 0 fully saturated rings. The lowest BCUT2D eigenvalue weighted by molar-refractivity contribution is -0.161. The van der Waals surface area contributed by atoms with Gasteiger partial charge in [-0.15, -0.1) is 0 Å². The van der Waals surface area contributed by atoms with E-state index >= 15 is 0 Å². The molecule has 5 atom stereocenters. The van der Waals surface area contributed by atoms with E-state index in [1.54, 1.807) is 0 Å². The highest BCUT2D eigenvalue weighted by atomic mass is 31.2. The average molecular weight is 1490 g/mol. The van der Waals surface area contributed by atoms with Crippen LogP contribution in [0, 0.1) is 0 Å². The Kier molecular flexibility index (Phi) is 71.6. The van der Waals surface area contributed by atoms with Gasteiger partial charge in [-0.25, -0.2) is 9.13 Å². The van der Waals surface area contributed by atoms with Crippen molar-refractivity contribution in [1.29, 1.82) is 0 Å². The molecule has 19 heteroatoms. The molecule has 0 aliphatic rings. The van der Waals surface area contributed by atoms with E-state index in [0.29, 0.717) is 38.5 Å². The van der Waals surface area contributed by atoms with E-state index in [1.807, 2.05) is 24.3 Å². The van der Waals surface area contributed by atoms with E-state index in [4.69, 9.17) is 37.0 Å². The molecule has 0 heterocycles. The molecule has 104 heavy (non-hydrogen) atoms. The molecule has 0 rings (SSSR count). The minimum atomic E-state index is -5.01. The number of hydrogen-bond acceptors (Lipinski definition) is 15. The minimum Gasteiger partial charge on any atom is -0.462 e. The number of aliphatic hydroxyl groups excluding tert-OH is 1. The maximum atomic E-state index is 13.1. The lowest BCUT2D eigenvalue weighted by Gasteiger charge is -2.21. The molecule has 0 aromatic carbocycles. The van der Waals surface area contributed by atoms with E-state index < -0.39 is 97.5 Å². The van der Waals surface area contributed by atoms with E-state index in [1.165, 1.54) is 38.5 Å². The van der Waals surface area contributed by atoms with E-state index in [9.17, 15) is 43.2 Å². The van der Waals surface area contributed by atoms with Crippen molar-refractivity contribution in [3.63, 3.8) is 0 Å². The summed E-state index contributed by atoms with van der Waals surface area (Å²) in [5.74, 6) is -2.37. The zero-order chi connectivity index (χ0) is 76.0. The van der Waals surface area contributed by atoms with Gasteiger partial charge in [-0.1, -0.05) is 262 Å². The minimum absolute atomic E-state index is 0.0198. The maximum Gasteiger partial charge on any atom is 0.472 e. The smallest absolute Gasteiger partial charge is 0.462 e. The van der Waals surface area contributed by atoms with Gasteiger partial charge in [0.15, 0.2) is 12.2 Å². The first-order chi connectivity index (χ1) is 50.7. The molecule has 0 aliphatic heterocycles. The maximum absolute atomic E-state index is 13.1. The molecule has 0 bridgehead atoms. The molecule has 0 aromatic heterocycles. The van der Waals surface area contributed by atoms with Gasteiger partial charge >= 0.3 is 39.5 Å². The lowest BCUT2D eigenvalue weighted by Crippen LogP contribution is -2.30. The number of hydrogen-bond donors (Lipinski definition) is 3. The van der Waals surface area contributed by atoms with Gasteiger partial charge in [-0.3, -0.25) is 37.3 Å². The zero-order valence-electron chi connectivity index (χ0n) is 64.4. The third kappa shape index (κ3) is 74.7. The summed E-state index contributed by atoms with van der Waals surface area (Å²) in [6.07, 6.45) is 89.2. The first-order valence-electron chi connectivity index (χ1n) is 39.4. The zero-order valence-corrected chi connectivity index (χ0v) is 66.2. The summed E-state index contributed by atoms with van der Waals surface area (Å²) in [6.45, 7) is 4.41. The molecule has 0 amide bonds. The SMILES string of the molecule is CC/C=C\C/C=C\C/C=C\C/C=C\C/C=C\C/C=C\CCC(=O)OCC(COP(=O)(O)OCC(O)COP(=O)(O)OCC(COC(=O)CCCCCCC/C=C\C/C=C\CCCCC)OC(=O)CCCCCCC/C=C\C/C=C\CCCCC)OC(=O)CCCC/C=C\C/C=C\C/C=C\C/C=C\CC. The normalized spacial score (nSPS) is 14.8. The van der Waals surface area contributed by atoms with Crippen LogP contribution in [0.4, 0.5) is 0 Å². The number of ether oxygens (including phenoxy) is 4. The fourth-order valence-corrected chi connectivity index (χ4v) is 11.3. The molecular weight excluding hydrogens is 1350 g/mol. The van der Waals surface area contributed by atoms with Crippen LogP contribution >= 0.6 is 15.6 Å². The number of phosphoric acid groups is 2. The molecule has 3 N–H and O–H groups in total. The monoisotopic (exact) mass is 1490 g/mol. The van der Waals surface area contributed by atoms with Crippen LogP contribution in [0.1, 0.15) is 285 Å². The van der Waals surface area contributed by atoms with Crippen molar-refractivity contribution >= 4 is 39.5 Å². The quantitative estimate of drug-likeness (QED) is 0.0169. The fourth-order valence-electron chi connectivity index (χ4n) is 9.71. The van der Waals surface area contributed by atoms with Crippen molar-refractivity contribution in [2.24, 2.45) is 0 Å². The molecule has 0 aromatic rings. The van der Waals surface area contributed by atoms with Crippen LogP contribution in [0.25, 0.3) is 0 Å². The third-order valence-corrected chi connectivity index (χ3v) is 17.6. The summed E-state index contributed by atoms with van der Waals surface area (Å²) >= 11 is 0. The van der Waals surface area contributed by atoms with Crippen LogP contribution < -0.4 is 0 Å². The molecule has 0 saturated heterocycles. The Balaban J connectivity index is 5.50. The van der Waals surface area contributed by atoms with Gasteiger partial charge in [0, 0.05) is 25.7 Å². The van der Waals surface area contributed by atoms with Crippen molar-refractivity contribution < 1.29 is 80.2 Å². The highest BCUT2D eigenvalue weighted by Crippen LogP contribution is 2.45. The molecule has 590 valence electrons. The van der Waals surface area contributed by atoms with Gasteiger partial charge in [0.2, 0.25) is 0 Å². The number of allylic oxidation sites excluding steroid dienone is 28. The highest BCUT2D eigenvalue weighted by molar-refractivity contribution is 7.47. The predicted octanol–water partition coefficient (Wildman–Crippen LogP) is 23.0. The van der Waals surface area contributed by atoms with E-state index in [0.717, 1.165) is 154 Å². The molecular formula is C85H138O17P2. The third-order valence-electron chi connectivity index (χ3n) is 15.7. The summed E-state index contributed by atoms with van der Waals surface area (Å²) in [6, 6.07) is 0. The molecule has 0 aliphatic carbocycles. The van der Waals surface area contributed by atoms with Gasteiger partial charge < -0.3 is 33.8 Å². The Labute approximate surface area is 629 Å². The van der Waals surface area contributed by atoms with E-state index in [2.05, 4.69) is 174 Å². The van der Waals surface area contributed by atoms with Crippen molar-refractivity contribution in [3.05, 3.63) is 170 Å². The van der Waals surface area contributed by atoms with Gasteiger partial charge in [0.25, 0.3) is 0 Å². The van der Waals surface area contributed by atoms with Crippen molar-refractivity contribution in [2.45, 2.75) is 303 Å². The first-order valence-corrected chi connectivity index (χ1v) is 42.4. The van der Waals surface area contributed by atoms with Crippen LogP contribution in [0.3, 0.4) is 0 Å². The first kappa shape index (κ1) is 98.4. The second-order valence-electron chi connectivity index (χ2n) is 25.5. The summed E-state index contributed by atoms with van der Waals surface area (Å²) in [7, 11) is -10.0. The van der Waals surface area contributed by atoms with Gasteiger partial charge in [-0.05, 0) is 167 Å². The van der Waals surface area contributed by atoms with Gasteiger partial charge in [-0.2, -0.15) is 0 Å². The molecule has 0 radical (unpaired) electrons. The molecule has 5 unspecified atom stereocenters. The van der Waals surface area contributed by atoms with Crippen LogP contribution in [-0.2, 0) is 65.4 Å². The van der Waals surface area contributed by atoms with Gasteiger partial charge in [0.05, 0.1) is 26.4 Å². The number of carbonyl (C=O) groups excluding carboxylic acids is 4. The average Bonchev–Trinajstić information content (AvgIpc) is 0.918. The summed E-state index contributed by atoms with van der Waals surface area (Å²) in [5, 5.41) is 10.6. The van der Waals surface area contributed by atoms with Crippen LogP contribution in [0.2, 0.25) is 0 Å². The van der Waals surface area contributed by atoms with Crippen LogP contribution in [-0.4, -0.2) is 96.7 Å². The number of esters is 4. The molecule has 17 nitrogen and oxygen atoms in total. The second kappa shape index (κ2) is 75.6. The fraction of sp³-hybridized carbons (Fsp3) is 0.624. The summed E-state index contributed by atoms with van der Waals surface area (Å²) in [4.78, 5) is 72.9. The number of unbranched alkanes of at least 4 members (excludes halogenated alkanes) is 18. The Morgan fingerprint density at radius 1 is 0.279 bits per heavy atom. The van der Waals surface area contributed by atoms with Crippen molar-refractivity contribution in [2.75, 3.05) is 39.6 Å². The number of carbonyl (C=O) groups is 4. The Morgan fingerprint density at radius 3 is 0.846 bits per heavy atom. The topological polar surface area (TPSA) is 237 Å². The molecule has 0 spiro atoms. The van der Waals surface area contributed by atoms with Crippen LogP contribution in [0.5, 0.6) is 0 Å². The van der Waals surface area contributed by atoms with E-state index in [-0.39, 0.29) is 25.7 Å². The Morgan fingerprint density at radius 2 is 0.519 bits per heavy atom.